The number of methoxy groups -OCH3 is 2. The molecule has 1 heterocycles. The largest absolute Gasteiger partial charge is 0.496 e. The average molecular weight is 554 g/mol. The molecule has 2 aromatic rings. The highest BCUT2D eigenvalue weighted by atomic mass is 16.6. The van der Waals surface area contributed by atoms with Crippen LogP contribution in [0.5, 0.6) is 23.0 Å². The monoisotopic (exact) mass is 553 g/mol. The minimum absolute atomic E-state index is 0.0311. The van der Waals surface area contributed by atoms with E-state index in [9.17, 15) is 19.5 Å². The summed E-state index contributed by atoms with van der Waals surface area (Å²) in [7, 11) is 2.95. The van der Waals surface area contributed by atoms with Gasteiger partial charge in [-0.05, 0) is 82.7 Å². The van der Waals surface area contributed by atoms with Crippen molar-refractivity contribution < 1.29 is 43.2 Å². The van der Waals surface area contributed by atoms with Crippen molar-refractivity contribution in [1.29, 1.82) is 0 Å². The number of carbonyl (C=O) groups excluding carboxylic acids is 3. The van der Waals surface area contributed by atoms with Gasteiger partial charge in [-0.2, -0.15) is 0 Å². The molecule has 0 aliphatic carbocycles. The minimum Gasteiger partial charge on any atom is -0.496 e. The highest BCUT2D eigenvalue weighted by Gasteiger charge is 2.28. The molecule has 214 valence electrons. The zero-order valence-electron chi connectivity index (χ0n) is 23.7. The van der Waals surface area contributed by atoms with Crippen LogP contribution in [-0.2, 0) is 9.53 Å². The lowest BCUT2D eigenvalue weighted by atomic mass is 9.97. The molecular formula is C30H35NO9. The Morgan fingerprint density at radius 1 is 1.05 bits per heavy atom. The molecule has 1 aliphatic rings. The van der Waals surface area contributed by atoms with Crippen molar-refractivity contribution in [3.8, 4) is 23.0 Å². The van der Waals surface area contributed by atoms with Gasteiger partial charge in [0.1, 0.15) is 22.7 Å². The Morgan fingerprint density at radius 2 is 1.73 bits per heavy atom. The number of alkyl carbamates (subject to hydrolysis) is 1. The smallest absolute Gasteiger partial charge is 0.408 e. The molecule has 0 radical (unpaired) electrons. The van der Waals surface area contributed by atoms with Crippen molar-refractivity contribution in [2.75, 3.05) is 20.8 Å². The Hall–Kier alpha value is -4.31. The lowest BCUT2D eigenvalue weighted by Gasteiger charge is -2.29. The highest BCUT2D eigenvalue weighted by molar-refractivity contribution is 6.09. The molecule has 0 spiro atoms. The van der Waals surface area contributed by atoms with Crippen molar-refractivity contribution >= 4 is 30.0 Å². The molecule has 3 rings (SSSR count). The summed E-state index contributed by atoms with van der Waals surface area (Å²) in [6.07, 6.45) is 5.83. The fourth-order valence-electron chi connectivity index (χ4n) is 3.75. The van der Waals surface area contributed by atoms with Crippen LogP contribution in [0.25, 0.3) is 12.2 Å². The quantitative estimate of drug-likeness (QED) is 0.198. The van der Waals surface area contributed by atoms with Crippen LogP contribution in [0.2, 0.25) is 0 Å². The second-order valence-electron chi connectivity index (χ2n) is 10.5. The molecule has 1 aliphatic heterocycles. The summed E-state index contributed by atoms with van der Waals surface area (Å²) in [5.74, 6) is 0.0495. The van der Waals surface area contributed by atoms with E-state index < -0.39 is 35.9 Å². The van der Waals surface area contributed by atoms with Crippen molar-refractivity contribution in [3.63, 3.8) is 0 Å². The summed E-state index contributed by atoms with van der Waals surface area (Å²) in [4.78, 5) is 38.0. The second kappa shape index (κ2) is 12.3. The van der Waals surface area contributed by atoms with E-state index in [0.717, 1.165) is 0 Å². The normalized spacial score (nSPS) is 14.5. The Morgan fingerprint density at radius 3 is 2.35 bits per heavy atom. The van der Waals surface area contributed by atoms with Crippen LogP contribution in [0.15, 0.2) is 42.5 Å². The minimum atomic E-state index is -1.38. The molecule has 1 unspecified atom stereocenters. The van der Waals surface area contributed by atoms with Crippen molar-refractivity contribution in [1.82, 2.24) is 5.32 Å². The maximum atomic E-state index is 13.2. The fraction of sp³-hybridized carbons (Fsp3) is 0.367. The van der Waals surface area contributed by atoms with E-state index in [1.165, 1.54) is 19.3 Å². The lowest BCUT2D eigenvalue weighted by Crippen LogP contribution is -2.47. The number of nitrogens with one attached hydrogen (secondary N) is 1. The number of esters is 1. The van der Waals surface area contributed by atoms with Gasteiger partial charge in [0.25, 0.3) is 0 Å². The first-order valence-electron chi connectivity index (χ1n) is 12.6. The van der Waals surface area contributed by atoms with Crippen LogP contribution >= 0.6 is 0 Å². The SMILES string of the molecule is COc1ccc(C=CC(=O)c2ccc(OC)c3c2OC(C)(C)C=C3)cc1OC(=O)C(CO)NC(=O)OC(C)(C)C. The zero-order chi connectivity index (χ0) is 29.7. The summed E-state index contributed by atoms with van der Waals surface area (Å²) in [6.45, 7) is 8.07. The maximum absolute atomic E-state index is 13.2. The average Bonchev–Trinajstić information content (AvgIpc) is 2.88. The van der Waals surface area contributed by atoms with E-state index in [-0.39, 0.29) is 17.3 Å². The van der Waals surface area contributed by atoms with Gasteiger partial charge in [-0.25, -0.2) is 9.59 Å². The molecule has 1 atom stereocenters. The van der Waals surface area contributed by atoms with E-state index >= 15 is 0 Å². The first-order valence-corrected chi connectivity index (χ1v) is 12.6. The first kappa shape index (κ1) is 30.2. The molecule has 2 aromatic carbocycles. The van der Waals surface area contributed by atoms with Crippen molar-refractivity contribution in [3.05, 3.63) is 59.2 Å². The molecule has 2 N–H and O–H groups in total. The van der Waals surface area contributed by atoms with Gasteiger partial charge < -0.3 is 34.1 Å². The number of ether oxygens (including phenoxy) is 5. The number of ketones is 1. The summed E-state index contributed by atoms with van der Waals surface area (Å²) < 4.78 is 27.3. The van der Waals surface area contributed by atoms with E-state index in [1.807, 2.05) is 26.0 Å². The van der Waals surface area contributed by atoms with Gasteiger partial charge in [0.2, 0.25) is 0 Å². The third-order valence-electron chi connectivity index (χ3n) is 5.64. The molecule has 10 nitrogen and oxygen atoms in total. The molecule has 0 saturated heterocycles. The van der Waals surface area contributed by atoms with Crippen LogP contribution in [0, 0.1) is 0 Å². The van der Waals surface area contributed by atoms with Gasteiger partial charge in [0.15, 0.2) is 23.3 Å². The fourth-order valence-corrected chi connectivity index (χ4v) is 3.75. The second-order valence-corrected chi connectivity index (χ2v) is 10.5. The predicted octanol–water partition coefficient (Wildman–Crippen LogP) is 4.58. The molecule has 1 amide bonds. The highest BCUT2D eigenvalue weighted by Crippen LogP contribution is 2.40. The number of carbonyl (C=O) groups is 3. The number of hydrogen-bond acceptors (Lipinski definition) is 9. The Kier molecular flexibility index (Phi) is 9.26. The van der Waals surface area contributed by atoms with Gasteiger partial charge in [-0.15, -0.1) is 0 Å². The molecule has 0 aromatic heterocycles. The third kappa shape index (κ3) is 7.63. The van der Waals surface area contributed by atoms with E-state index in [2.05, 4.69) is 5.32 Å². The number of fused-ring (bicyclic) bond motifs is 1. The van der Waals surface area contributed by atoms with Gasteiger partial charge in [0, 0.05) is 0 Å². The number of aliphatic hydroxyl groups excluding tert-OH is 1. The molecule has 0 bridgehead atoms. The standard InChI is InChI=1S/C30H35NO9/c1-29(2,3)40-28(35)31-21(17-32)27(34)38-25-16-18(9-12-24(25)37-7)8-11-22(33)19-10-13-23(36-6)20-14-15-30(4,5)39-26(19)20/h8-16,21,32H,17H2,1-7H3,(H,31,35). The Bertz CT molecular complexity index is 1340. The summed E-state index contributed by atoms with van der Waals surface area (Å²) in [5, 5.41) is 11.9. The van der Waals surface area contributed by atoms with Crippen LogP contribution < -0.4 is 24.3 Å². The Labute approximate surface area is 233 Å². The molecule has 0 saturated carbocycles. The topological polar surface area (TPSA) is 130 Å². The number of benzene rings is 2. The predicted molar refractivity (Wildman–Crippen MR) is 149 cm³/mol. The molecule has 0 fully saturated rings. The maximum Gasteiger partial charge on any atom is 0.408 e. The Balaban J connectivity index is 1.81. The van der Waals surface area contributed by atoms with Crippen LogP contribution in [0.1, 0.15) is 56.1 Å². The number of aliphatic hydroxyl groups is 1. The van der Waals surface area contributed by atoms with E-state index in [1.54, 1.807) is 58.2 Å². The molecule has 40 heavy (non-hydrogen) atoms. The van der Waals surface area contributed by atoms with Crippen molar-refractivity contribution in [2.24, 2.45) is 0 Å². The molecule has 10 heteroatoms. The number of hydrogen-bond donors (Lipinski definition) is 2. The van der Waals surface area contributed by atoms with E-state index in [0.29, 0.717) is 28.2 Å². The third-order valence-corrected chi connectivity index (χ3v) is 5.64. The van der Waals surface area contributed by atoms with Gasteiger partial charge in [0.05, 0.1) is 32.0 Å². The first-order chi connectivity index (χ1) is 18.8. The van der Waals surface area contributed by atoms with Gasteiger partial charge >= 0.3 is 12.1 Å². The van der Waals surface area contributed by atoms with E-state index in [4.69, 9.17) is 23.7 Å². The van der Waals surface area contributed by atoms with Crippen molar-refractivity contribution in [2.45, 2.75) is 51.9 Å². The van der Waals surface area contributed by atoms with Crippen LogP contribution in [0.4, 0.5) is 4.79 Å². The van der Waals surface area contributed by atoms with Gasteiger partial charge in [-0.3, -0.25) is 4.79 Å². The number of rotatable bonds is 9. The lowest BCUT2D eigenvalue weighted by molar-refractivity contribution is -0.137. The molecular weight excluding hydrogens is 518 g/mol. The van der Waals surface area contributed by atoms with Crippen LogP contribution in [0.3, 0.4) is 0 Å². The summed E-state index contributed by atoms with van der Waals surface area (Å²) >= 11 is 0. The summed E-state index contributed by atoms with van der Waals surface area (Å²) in [5.41, 5.74) is 0.180. The van der Waals surface area contributed by atoms with Gasteiger partial charge in [-0.1, -0.05) is 12.1 Å². The summed E-state index contributed by atoms with van der Waals surface area (Å²) in [6, 6.07) is 6.71. The van der Waals surface area contributed by atoms with Crippen LogP contribution in [-0.4, -0.2) is 61.0 Å². The number of amides is 1. The number of allylic oxidation sites excluding steroid dienone is 1. The zero-order valence-corrected chi connectivity index (χ0v) is 23.7.